The highest BCUT2D eigenvalue weighted by molar-refractivity contribution is 6.71. The van der Waals surface area contributed by atoms with Crippen LogP contribution in [0.5, 0.6) is 0 Å². The quantitative estimate of drug-likeness (QED) is 0.464. The molecule has 0 amide bonds. The predicted octanol–water partition coefficient (Wildman–Crippen LogP) is 1.99. The van der Waals surface area contributed by atoms with Crippen LogP contribution in [0.1, 0.15) is 31.1 Å². The Hall–Kier alpha value is -1.95. The number of ether oxygens (including phenoxy) is 1. The Bertz CT molecular complexity index is 556. The van der Waals surface area contributed by atoms with Gasteiger partial charge in [-0.25, -0.2) is 14.4 Å². The van der Waals surface area contributed by atoms with Gasteiger partial charge in [0.1, 0.15) is 0 Å². The fourth-order valence-electron chi connectivity index (χ4n) is 1.55. The molecule has 6 heteroatoms. The molecule has 0 bridgehead atoms. The fourth-order valence-corrected chi connectivity index (χ4v) is 2.22. The van der Waals surface area contributed by atoms with Crippen LogP contribution >= 0.6 is 0 Å². The molecule has 1 aromatic rings. The van der Waals surface area contributed by atoms with Crippen molar-refractivity contribution in [1.82, 2.24) is 0 Å². The minimum absolute atomic E-state index is 0.116. The maximum Gasteiger partial charge on any atom is 0.346 e. The number of benzene rings is 1. The predicted molar refractivity (Wildman–Crippen MR) is 64.9 cm³/mol. The number of carbonyl (C=O) groups excluding carboxylic acids is 3. The second-order valence-corrected chi connectivity index (χ2v) is 9.37. The van der Waals surface area contributed by atoms with Gasteiger partial charge in [0.2, 0.25) is 8.32 Å². The molecule has 1 aliphatic heterocycles. The van der Waals surface area contributed by atoms with Crippen molar-refractivity contribution in [2.24, 2.45) is 0 Å². The van der Waals surface area contributed by atoms with Crippen LogP contribution in [0.25, 0.3) is 0 Å². The van der Waals surface area contributed by atoms with E-state index >= 15 is 0 Å². The van der Waals surface area contributed by atoms with E-state index in [-0.39, 0.29) is 16.7 Å². The van der Waals surface area contributed by atoms with Gasteiger partial charge in [0.25, 0.3) is 0 Å². The zero-order chi connectivity index (χ0) is 13.5. The van der Waals surface area contributed by atoms with Crippen molar-refractivity contribution in [2.45, 2.75) is 19.6 Å². The molecule has 0 saturated heterocycles. The minimum atomic E-state index is -1.99. The Kier molecular flexibility index (Phi) is 2.82. The number of cyclic esters (lactones) is 2. The van der Waals surface area contributed by atoms with Crippen LogP contribution in [-0.4, -0.2) is 26.2 Å². The van der Waals surface area contributed by atoms with Crippen molar-refractivity contribution in [2.75, 3.05) is 0 Å². The molecule has 2 rings (SSSR count). The Balaban J connectivity index is 2.33. The summed E-state index contributed by atoms with van der Waals surface area (Å²) >= 11 is 0. The number of carbonyl (C=O) groups is 3. The van der Waals surface area contributed by atoms with Gasteiger partial charge in [-0.15, -0.1) is 0 Å². The van der Waals surface area contributed by atoms with E-state index in [0.29, 0.717) is 0 Å². The number of hydrogen-bond donors (Lipinski definition) is 0. The van der Waals surface area contributed by atoms with Crippen molar-refractivity contribution >= 4 is 26.2 Å². The van der Waals surface area contributed by atoms with Gasteiger partial charge in [-0.3, -0.25) is 0 Å². The summed E-state index contributed by atoms with van der Waals surface area (Å²) in [6, 6.07) is 4.20. The van der Waals surface area contributed by atoms with Crippen molar-refractivity contribution in [3.63, 3.8) is 0 Å². The third-order valence-corrected chi connectivity index (χ3v) is 3.08. The van der Waals surface area contributed by atoms with Crippen LogP contribution in [0.4, 0.5) is 0 Å². The van der Waals surface area contributed by atoms with Gasteiger partial charge in [0.05, 0.1) is 16.7 Å². The molecule has 1 heterocycles. The lowest BCUT2D eigenvalue weighted by molar-refractivity contribution is 0.0443. The lowest BCUT2D eigenvalue weighted by atomic mass is 10.1. The number of esters is 2. The van der Waals surface area contributed by atoms with Crippen LogP contribution in [0.15, 0.2) is 18.2 Å². The van der Waals surface area contributed by atoms with Crippen LogP contribution in [0, 0.1) is 0 Å². The molecule has 5 nitrogen and oxygen atoms in total. The zero-order valence-corrected chi connectivity index (χ0v) is 11.3. The number of fused-ring (bicyclic) bond motifs is 1. The average molecular weight is 264 g/mol. The lowest BCUT2D eigenvalue weighted by Gasteiger charge is -2.17. The van der Waals surface area contributed by atoms with Crippen LogP contribution in [0.2, 0.25) is 19.6 Å². The molecule has 1 aliphatic rings. The summed E-state index contributed by atoms with van der Waals surface area (Å²) in [7, 11) is -1.99. The molecule has 0 unspecified atom stereocenters. The van der Waals surface area contributed by atoms with Crippen LogP contribution in [0.3, 0.4) is 0 Å². The van der Waals surface area contributed by atoms with Gasteiger partial charge < -0.3 is 9.16 Å². The number of hydrogen-bond acceptors (Lipinski definition) is 5. The smallest absolute Gasteiger partial charge is 0.346 e. The molecular formula is C12H12O5Si. The summed E-state index contributed by atoms with van der Waals surface area (Å²) in [5.41, 5.74) is 0.553. The molecule has 0 fully saturated rings. The van der Waals surface area contributed by atoms with Crippen LogP contribution < -0.4 is 0 Å². The highest BCUT2D eigenvalue weighted by Crippen LogP contribution is 2.22. The molecule has 1 aromatic carbocycles. The largest absolute Gasteiger partial charge is 0.516 e. The first kappa shape index (κ1) is 12.5. The van der Waals surface area contributed by atoms with Gasteiger partial charge in [-0.2, -0.15) is 0 Å². The molecule has 0 aromatic heterocycles. The highest BCUT2D eigenvalue weighted by atomic mass is 28.4. The molecule has 0 aliphatic carbocycles. The van der Waals surface area contributed by atoms with Gasteiger partial charge in [-0.1, -0.05) is 0 Å². The Labute approximate surface area is 105 Å². The lowest BCUT2D eigenvalue weighted by Crippen LogP contribution is -2.29. The van der Waals surface area contributed by atoms with E-state index < -0.39 is 26.2 Å². The molecule has 0 N–H and O–H groups in total. The zero-order valence-electron chi connectivity index (χ0n) is 10.3. The van der Waals surface area contributed by atoms with E-state index in [9.17, 15) is 14.4 Å². The Morgan fingerprint density at radius 2 is 1.72 bits per heavy atom. The summed E-state index contributed by atoms with van der Waals surface area (Å²) in [6.07, 6.45) is 0. The summed E-state index contributed by atoms with van der Waals surface area (Å²) in [6.45, 7) is 5.65. The Morgan fingerprint density at radius 3 is 2.33 bits per heavy atom. The second kappa shape index (κ2) is 4.06. The van der Waals surface area contributed by atoms with Gasteiger partial charge >= 0.3 is 17.9 Å². The molecule has 0 atom stereocenters. The normalized spacial score (nSPS) is 14.2. The third kappa shape index (κ3) is 2.33. The van der Waals surface area contributed by atoms with E-state index in [1.807, 2.05) is 19.6 Å². The topological polar surface area (TPSA) is 69.7 Å². The highest BCUT2D eigenvalue weighted by Gasteiger charge is 2.31. The SMILES string of the molecule is C[Si](C)(C)OC(=O)c1ccc2c(c1)C(=O)OC2=O. The molecule has 94 valence electrons. The first-order valence-electron chi connectivity index (χ1n) is 5.42. The van der Waals surface area contributed by atoms with E-state index in [1.165, 1.54) is 18.2 Å². The molecule has 18 heavy (non-hydrogen) atoms. The molecule has 0 saturated carbocycles. The van der Waals surface area contributed by atoms with Gasteiger partial charge in [0, 0.05) is 0 Å². The van der Waals surface area contributed by atoms with Gasteiger partial charge in [-0.05, 0) is 37.8 Å². The van der Waals surface area contributed by atoms with E-state index in [2.05, 4.69) is 4.74 Å². The first-order chi connectivity index (χ1) is 8.28. The number of rotatable bonds is 2. The van der Waals surface area contributed by atoms with Crippen molar-refractivity contribution in [1.29, 1.82) is 0 Å². The van der Waals surface area contributed by atoms with Crippen LogP contribution in [-0.2, 0) is 9.16 Å². The monoisotopic (exact) mass is 264 g/mol. The van der Waals surface area contributed by atoms with Crippen molar-refractivity contribution < 1.29 is 23.5 Å². The maximum atomic E-state index is 11.8. The van der Waals surface area contributed by atoms with Gasteiger partial charge in [0.15, 0.2) is 0 Å². The summed E-state index contributed by atoms with van der Waals surface area (Å²) in [5, 5.41) is 0. The van der Waals surface area contributed by atoms with Crippen molar-refractivity contribution in [3.05, 3.63) is 34.9 Å². The second-order valence-electron chi connectivity index (χ2n) is 4.94. The fraction of sp³-hybridized carbons (Fsp3) is 0.250. The molecular weight excluding hydrogens is 252 g/mol. The van der Waals surface area contributed by atoms with E-state index in [4.69, 9.17) is 4.43 Å². The molecule has 0 spiro atoms. The maximum absolute atomic E-state index is 11.8. The standard InChI is InChI=1S/C12H12O5Si/c1-18(2,3)17-10(13)7-4-5-8-9(6-7)12(15)16-11(8)14/h4-6H,1-3H3. The van der Waals surface area contributed by atoms with E-state index in [0.717, 1.165) is 0 Å². The van der Waals surface area contributed by atoms with Crippen molar-refractivity contribution in [3.8, 4) is 0 Å². The average Bonchev–Trinajstić information content (AvgIpc) is 2.52. The Morgan fingerprint density at radius 1 is 1.11 bits per heavy atom. The third-order valence-electron chi connectivity index (χ3n) is 2.28. The first-order valence-corrected chi connectivity index (χ1v) is 8.83. The van der Waals surface area contributed by atoms with E-state index in [1.54, 1.807) is 0 Å². The summed E-state index contributed by atoms with van der Waals surface area (Å²) in [4.78, 5) is 34.4. The summed E-state index contributed by atoms with van der Waals surface area (Å²) in [5.74, 6) is -1.89. The summed E-state index contributed by atoms with van der Waals surface area (Å²) < 4.78 is 9.75. The molecule has 0 radical (unpaired) electrons. The minimum Gasteiger partial charge on any atom is -0.516 e.